The second-order valence-electron chi connectivity index (χ2n) is 13.7. The summed E-state index contributed by atoms with van der Waals surface area (Å²) in [5, 5.41) is 18.8. The van der Waals surface area contributed by atoms with Crippen LogP contribution < -0.4 is 5.32 Å². The number of aliphatic hydroxyl groups is 1. The Hall–Kier alpha value is -3.99. The number of carbonyl (C=O) groups excluding carboxylic acids is 3. The van der Waals surface area contributed by atoms with Gasteiger partial charge in [0.25, 0.3) is 0 Å². The quantitative estimate of drug-likeness (QED) is 0.233. The first kappa shape index (κ1) is 32.0. The number of benzene rings is 1. The maximum atomic E-state index is 13.8. The number of fused-ring (bicyclic) bond motifs is 7. The molecule has 1 heterocycles. The molecule has 1 aromatic carbocycles. The molecule has 3 fully saturated rings. The molecular formula is C35H43N3O8. The van der Waals surface area contributed by atoms with Crippen LogP contribution in [0.5, 0.6) is 0 Å². The number of hydrogen-bond acceptors (Lipinski definition) is 10. The van der Waals surface area contributed by atoms with Gasteiger partial charge in [-0.15, -0.1) is 0 Å². The minimum atomic E-state index is -1.19. The predicted molar refractivity (Wildman–Crippen MR) is 170 cm³/mol. The van der Waals surface area contributed by atoms with Gasteiger partial charge in [-0.1, -0.05) is 48.3 Å². The number of rotatable bonds is 8. The summed E-state index contributed by atoms with van der Waals surface area (Å²) >= 11 is 0. The van der Waals surface area contributed by atoms with Crippen molar-refractivity contribution in [3.8, 4) is 0 Å². The van der Waals surface area contributed by atoms with Gasteiger partial charge in [0.05, 0.1) is 6.10 Å². The summed E-state index contributed by atoms with van der Waals surface area (Å²) < 4.78 is 16.5. The lowest BCUT2D eigenvalue weighted by atomic mass is 9.46. The Bertz CT molecular complexity index is 1530. The molecule has 5 aliphatic rings. The van der Waals surface area contributed by atoms with Crippen LogP contribution >= 0.6 is 0 Å². The molecule has 0 aromatic heterocycles. The first-order chi connectivity index (χ1) is 21.9. The van der Waals surface area contributed by atoms with Crippen LogP contribution in [0.25, 0.3) is 0 Å². The minimum Gasteiger partial charge on any atom is -0.475 e. The molecule has 1 amide bonds. The molecule has 8 atom stereocenters. The van der Waals surface area contributed by atoms with Crippen molar-refractivity contribution in [3.05, 3.63) is 53.6 Å². The van der Waals surface area contributed by atoms with Crippen molar-refractivity contribution in [2.24, 2.45) is 38.7 Å². The van der Waals surface area contributed by atoms with Gasteiger partial charge < -0.3 is 24.2 Å². The summed E-state index contributed by atoms with van der Waals surface area (Å²) in [7, 11) is 0. The molecule has 6 rings (SSSR count). The number of ketones is 1. The smallest absolute Gasteiger partial charge is 0.411 e. The van der Waals surface area contributed by atoms with Crippen LogP contribution in [0.4, 0.5) is 10.5 Å². The maximum Gasteiger partial charge on any atom is 0.411 e. The van der Waals surface area contributed by atoms with Gasteiger partial charge in [0, 0.05) is 36.3 Å². The lowest BCUT2D eigenvalue weighted by molar-refractivity contribution is -0.154. The molecule has 0 bridgehead atoms. The Balaban J connectivity index is 1.11. The highest BCUT2D eigenvalue weighted by molar-refractivity contribution is 6.05. The number of Topliss-reactive ketones (excluding diaryl/α,β-unsaturated/α-hetero) is 1. The van der Waals surface area contributed by atoms with E-state index in [0.717, 1.165) is 18.4 Å². The van der Waals surface area contributed by atoms with Gasteiger partial charge in [-0.25, -0.2) is 9.79 Å². The molecule has 1 aromatic rings. The third kappa shape index (κ3) is 5.32. The molecule has 4 aliphatic carbocycles. The highest BCUT2D eigenvalue weighted by Gasteiger charge is 2.74. The average molecular weight is 634 g/mol. The molecule has 0 unspecified atom stereocenters. The van der Waals surface area contributed by atoms with E-state index in [9.17, 15) is 19.5 Å². The van der Waals surface area contributed by atoms with E-state index in [4.69, 9.17) is 24.0 Å². The lowest BCUT2D eigenvalue weighted by Crippen LogP contribution is -2.62. The SMILES string of the molecule is CC(=O)OCC(=O)[C@@]12N=C(C)O[C@@H]1C[C@H]1[C@@H]3CCC4=C/C(=N/OCCOC(=O)Nc5ccc(C)cc5)C=C[C@]4(C)[C@H]3[C@@H](O)C[C@@]12C. The Morgan fingerprint density at radius 1 is 1.13 bits per heavy atom. The fourth-order valence-electron chi connectivity index (χ4n) is 9.12. The minimum absolute atomic E-state index is 0.0434. The summed E-state index contributed by atoms with van der Waals surface area (Å²) in [6.07, 6.45) is 7.08. The number of allylic oxidation sites excluding steroid dienone is 4. The number of nitrogens with one attached hydrogen (secondary N) is 1. The molecule has 0 radical (unpaired) electrons. The van der Waals surface area contributed by atoms with Crippen molar-refractivity contribution in [1.29, 1.82) is 0 Å². The molecule has 246 valence electrons. The Morgan fingerprint density at radius 3 is 2.63 bits per heavy atom. The number of esters is 1. The second kappa shape index (κ2) is 12.0. The summed E-state index contributed by atoms with van der Waals surface area (Å²) in [4.78, 5) is 47.7. The number of ether oxygens (including phenoxy) is 3. The van der Waals surface area contributed by atoms with Crippen molar-refractivity contribution in [2.75, 3.05) is 25.1 Å². The number of aryl methyl sites for hydroxylation is 1. The number of aliphatic hydroxyl groups excluding tert-OH is 1. The maximum absolute atomic E-state index is 13.8. The summed E-state index contributed by atoms with van der Waals surface area (Å²) in [6, 6.07) is 7.43. The van der Waals surface area contributed by atoms with Crippen molar-refractivity contribution in [3.63, 3.8) is 0 Å². The van der Waals surface area contributed by atoms with Crippen LogP contribution in [0.2, 0.25) is 0 Å². The Kier molecular flexibility index (Phi) is 8.33. The van der Waals surface area contributed by atoms with Crippen molar-refractivity contribution in [2.45, 2.75) is 78.0 Å². The zero-order chi connectivity index (χ0) is 32.9. The number of hydrogen-bond donors (Lipinski definition) is 2. The molecular weight excluding hydrogens is 590 g/mol. The summed E-state index contributed by atoms with van der Waals surface area (Å²) in [5.41, 5.74) is 1.36. The number of nitrogens with zero attached hydrogens (tertiary/aromatic N) is 2. The van der Waals surface area contributed by atoms with Gasteiger partial charge in [0.1, 0.15) is 18.4 Å². The average Bonchev–Trinajstić information content (AvgIpc) is 3.46. The molecule has 0 saturated heterocycles. The van der Waals surface area contributed by atoms with Crippen LogP contribution in [-0.2, 0) is 28.6 Å². The standard InChI is InChI=1S/C35H43N3O8/c1-20-6-9-24(10-7-20)36-32(42)43-14-15-45-38-25-12-13-33(4)23(16-25)8-11-26-27-17-30-35(37-21(2)46-30,29(41)19-44-22(3)39)34(27,5)18-28(40)31(26)33/h6-7,9-10,12-13,16,26-28,30-31,40H,8,11,14-15,17-19H2,1-5H3,(H,36,42)/b38-25+/t26-,27-,28-,30+,31+,33-,34-,35+/m0/s1. The Labute approximate surface area is 269 Å². The fraction of sp³-hybridized carbons (Fsp3) is 0.571. The van der Waals surface area contributed by atoms with Crippen LogP contribution in [-0.4, -0.2) is 72.1 Å². The van der Waals surface area contributed by atoms with E-state index < -0.39 is 40.6 Å². The monoisotopic (exact) mass is 633 g/mol. The van der Waals surface area contributed by atoms with E-state index in [2.05, 4.69) is 30.4 Å². The first-order valence-corrected chi connectivity index (χ1v) is 16.1. The predicted octanol–water partition coefficient (Wildman–Crippen LogP) is 4.92. The number of carbonyl (C=O) groups is 3. The largest absolute Gasteiger partial charge is 0.475 e. The molecule has 2 N–H and O–H groups in total. The number of aliphatic imine (C=N–C) groups is 1. The van der Waals surface area contributed by atoms with Gasteiger partial charge in [-0.3, -0.25) is 14.9 Å². The van der Waals surface area contributed by atoms with E-state index in [1.54, 1.807) is 6.92 Å². The van der Waals surface area contributed by atoms with Crippen LogP contribution in [0, 0.1) is 35.5 Å². The Morgan fingerprint density at radius 2 is 1.89 bits per heavy atom. The van der Waals surface area contributed by atoms with Gasteiger partial charge in [0.15, 0.2) is 24.7 Å². The topological polar surface area (TPSA) is 145 Å². The third-order valence-electron chi connectivity index (χ3n) is 11.1. The zero-order valence-corrected chi connectivity index (χ0v) is 27.1. The van der Waals surface area contributed by atoms with Gasteiger partial charge in [-0.2, -0.15) is 0 Å². The van der Waals surface area contributed by atoms with Crippen molar-refractivity contribution in [1.82, 2.24) is 0 Å². The van der Waals surface area contributed by atoms with E-state index >= 15 is 0 Å². The van der Waals surface area contributed by atoms with Crippen LogP contribution in [0.1, 0.15) is 58.9 Å². The number of amides is 1. The summed E-state index contributed by atoms with van der Waals surface area (Å²) in [5.74, 6) is -0.151. The lowest BCUT2D eigenvalue weighted by Gasteiger charge is -2.59. The van der Waals surface area contributed by atoms with Gasteiger partial charge in [-0.05, 0) is 68.7 Å². The molecule has 11 nitrogen and oxygen atoms in total. The van der Waals surface area contributed by atoms with Crippen molar-refractivity contribution < 1.29 is 38.5 Å². The highest BCUT2D eigenvalue weighted by atomic mass is 16.6. The third-order valence-corrected chi connectivity index (χ3v) is 11.1. The molecule has 46 heavy (non-hydrogen) atoms. The van der Waals surface area contributed by atoms with Crippen molar-refractivity contribution >= 4 is 35.1 Å². The van der Waals surface area contributed by atoms with E-state index in [0.29, 0.717) is 30.1 Å². The van der Waals surface area contributed by atoms with E-state index in [1.807, 2.05) is 43.3 Å². The fourth-order valence-corrected chi connectivity index (χ4v) is 9.12. The molecule has 0 spiro atoms. The normalized spacial score (nSPS) is 36.2. The molecule has 1 aliphatic heterocycles. The molecule has 3 saturated carbocycles. The second-order valence-corrected chi connectivity index (χ2v) is 13.7. The molecule has 11 heteroatoms. The number of oxime groups is 1. The van der Waals surface area contributed by atoms with Gasteiger partial charge in [0.2, 0.25) is 5.78 Å². The zero-order valence-electron chi connectivity index (χ0n) is 27.1. The van der Waals surface area contributed by atoms with E-state index in [1.165, 1.54) is 12.5 Å². The highest BCUT2D eigenvalue weighted by Crippen LogP contribution is 2.69. The summed E-state index contributed by atoms with van der Waals surface area (Å²) in [6.45, 7) is 9.04. The number of anilines is 1. The van der Waals surface area contributed by atoms with Gasteiger partial charge >= 0.3 is 12.1 Å². The van der Waals surface area contributed by atoms with Crippen LogP contribution in [0.15, 0.2) is 58.2 Å². The van der Waals surface area contributed by atoms with Crippen LogP contribution in [0.3, 0.4) is 0 Å². The first-order valence-electron chi connectivity index (χ1n) is 16.1. The van der Waals surface area contributed by atoms with E-state index in [-0.39, 0.29) is 43.4 Å².